The van der Waals surface area contributed by atoms with Gasteiger partial charge in [-0.2, -0.15) is 0 Å². The van der Waals surface area contributed by atoms with E-state index in [9.17, 15) is 4.79 Å². The van der Waals surface area contributed by atoms with E-state index in [0.29, 0.717) is 5.56 Å². The predicted octanol–water partition coefficient (Wildman–Crippen LogP) is 4.04. The highest BCUT2D eigenvalue weighted by atomic mass is 16.5. The van der Waals surface area contributed by atoms with Crippen LogP contribution >= 0.6 is 0 Å². The lowest BCUT2D eigenvalue weighted by atomic mass is 10.1. The summed E-state index contributed by atoms with van der Waals surface area (Å²) in [6.45, 7) is 7.03. The topological polar surface area (TPSA) is 41.6 Å². The van der Waals surface area contributed by atoms with Crippen LogP contribution in [0.25, 0.3) is 0 Å². The molecule has 27 heavy (non-hydrogen) atoms. The van der Waals surface area contributed by atoms with E-state index in [-0.39, 0.29) is 18.1 Å². The highest BCUT2D eigenvalue weighted by molar-refractivity contribution is 6.04. The molecule has 2 aromatic rings. The Morgan fingerprint density at radius 2 is 1.74 bits per heavy atom. The first-order chi connectivity index (χ1) is 13.1. The minimum atomic E-state index is -0.0480. The van der Waals surface area contributed by atoms with Crippen molar-refractivity contribution in [3.05, 3.63) is 64.7 Å². The SMILES string of the molecule is CC1CN(Cc2ccc(C(=O)Nc3ccc4c(c3)CCC4)cc2)CC(C)O1. The van der Waals surface area contributed by atoms with Crippen molar-refractivity contribution in [1.29, 1.82) is 0 Å². The molecule has 4 heteroatoms. The lowest BCUT2D eigenvalue weighted by Crippen LogP contribution is -2.44. The van der Waals surface area contributed by atoms with Crippen molar-refractivity contribution in [2.45, 2.75) is 51.9 Å². The van der Waals surface area contributed by atoms with Crippen molar-refractivity contribution in [3.8, 4) is 0 Å². The summed E-state index contributed by atoms with van der Waals surface area (Å²) in [5.41, 5.74) is 5.61. The number of carbonyl (C=O) groups is 1. The molecule has 2 unspecified atom stereocenters. The average molecular weight is 364 g/mol. The lowest BCUT2D eigenvalue weighted by molar-refractivity contribution is -0.0704. The Bertz CT molecular complexity index is 806. The second-order valence-corrected chi connectivity index (χ2v) is 7.94. The molecule has 1 amide bonds. The van der Waals surface area contributed by atoms with Gasteiger partial charge >= 0.3 is 0 Å². The number of ether oxygens (including phenoxy) is 1. The molecule has 142 valence electrons. The smallest absolute Gasteiger partial charge is 0.255 e. The molecule has 1 aliphatic carbocycles. The Morgan fingerprint density at radius 3 is 2.48 bits per heavy atom. The maximum absolute atomic E-state index is 12.6. The molecule has 0 saturated carbocycles. The Hall–Kier alpha value is -2.17. The quantitative estimate of drug-likeness (QED) is 0.890. The first-order valence-electron chi connectivity index (χ1n) is 9.97. The molecule has 2 atom stereocenters. The van der Waals surface area contributed by atoms with E-state index in [1.165, 1.54) is 23.1 Å². The number of morpholine rings is 1. The van der Waals surface area contributed by atoms with Crippen molar-refractivity contribution in [2.24, 2.45) is 0 Å². The molecule has 0 bridgehead atoms. The summed E-state index contributed by atoms with van der Waals surface area (Å²) in [5.74, 6) is -0.0480. The van der Waals surface area contributed by atoms with Gasteiger partial charge in [-0.05, 0) is 74.1 Å². The third kappa shape index (κ3) is 4.40. The maximum Gasteiger partial charge on any atom is 0.255 e. The van der Waals surface area contributed by atoms with Crippen LogP contribution < -0.4 is 5.32 Å². The van der Waals surface area contributed by atoms with E-state index in [4.69, 9.17) is 4.74 Å². The Kier molecular flexibility index (Phi) is 5.28. The minimum Gasteiger partial charge on any atom is -0.373 e. The number of amides is 1. The molecule has 2 aromatic carbocycles. The zero-order valence-corrected chi connectivity index (χ0v) is 16.2. The second-order valence-electron chi connectivity index (χ2n) is 7.94. The molecule has 2 aliphatic rings. The zero-order chi connectivity index (χ0) is 18.8. The number of hydrogen-bond acceptors (Lipinski definition) is 3. The molecule has 1 aliphatic heterocycles. The molecule has 1 N–H and O–H groups in total. The van der Waals surface area contributed by atoms with Gasteiger partial charge in [-0.25, -0.2) is 0 Å². The third-order valence-corrected chi connectivity index (χ3v) is 5.47. The number of nitrogens with one attached hydrogen (secondary N) is 1. The van der Waals surface area contributed by atoms with Crippen molar-refractivity contribution in [3.63, 3.8) is 0 Å². The molecular weight excluding hydrogens is 336 g/mol. The lowest BCUT2D eigenvalue weighted by Gasteiger charge is -2.35. The summed E-state index contributed by atoms with van der Waals surface area (Å²) in [6.07, 6.45) is 4.03. The van der Waals surface area contributed by atoms with Crippen LogP contribution in [-0.4, -0.2) is 36.1 Å². The first-order valence-corrected chi connectivity index (χ1v) is 9.97. The Labute approximate surface area is 161 Å². The molecule has 1 saturated heterocycles. The minimum absolute atomic E-state index is 0.0480. The number of rotatable bonds is 4. The van der Waals surface area contributed by atoms with Crippen molar-refractivity contribution >= 4 is 11.6 Å². The fourth-order valence-electron chi connectivity index (χ4n) is 4.29. The van der Waals surface area contributed by atoms with E-state index in [2.05, 4.69) is 48.3 Å². The third-order valence-electron chi connectivity index (χ3n) is 5.47. The van der Waals surface area contributed by atoms with Gasteiger partial charge in [0.15, 0.2) is 0 Å². The zero-order valence-electron chi connectivity index (χ0n) is 16.2. The van der Waals surface area contributed by atoms with Crippen LogP contribution in [-0.2, 0) is 24.1 Å². The summed E-state index contributed by atoms with van der Waals surface area (Å²) in [7, 11) is 0. The Morgan fingerprint density at radius 1 is 1.04 bits per heavy atom. The summed E-state index contributed by atoms with van der Waals surface area (Å²) >= 11 is 0. The number of benzene rings is 2. The normalized spacial score (nSPS) is 22.4. The number of carbonyl (C=O) groups excluding carboxylic acids is 1. The van der Waals surface area contributed by atoms with Crippen LogP contribution in [0.3, 0.4) is 0 Å². The van der Waals surface area contributed by atoms with Gasteiger partial charge < -0.3 is 10.1 Å². The van der Waals surface area contributed by atoms with Crippen molar-refractivity contribution < 1.29 is 9.53 Å². The molecule has 0 aromatic heterocycles. The highest BCUT2D eigenvalue weighted by Gasteiger charge is 2.22. The predicted molar refractivity (Wildman–Crippen MR) is 108 cm³/mol. The van der Waals surface area contributed by atoms with E-state index < -0.39 is 0 Å². The summed E-state index contributed by atoms with van der Waals surface area (Å²) in [4.78, 5) is 15.0. The van der Waals surface area contributed by atoms with Gasteiger partial charge in [-0.3, -0.25) is 9.69 Å². The van der Waals surface area contributed by atoms with E-state index in [1.54, 1.807) is 0 Å². The van der Waals surface area contributed by atoms with Crippen LogP contribution in [0.15, 0.2) is 42.5 Å². The number of fused-ring (bicyclic) bond motifs is 1. The molecule has 0 spiro atoms. The van der Waals surface area contributed by atoms with Crippen LogP contribution in [0.5, 0.6) is 0 Å². The Balaban J connectivity index is 1.37. The van der Waals surface area contributed by atoms with E-state index >= 15 is 0 Å². The fourth-order valence-corrected chi connectivity index (χ4v) is 4.29. The van der Waals surface area contributed by atoms with Gasteiger partial charge in [-0.1, -0.05) is 18.2 Å². The summed E-state index contributed by atoms with van der Waals surface area (Å²) < 4.78 is 5.79. The number of aryl methyl sites for hydroxylation is 2. The highest BCUT2D eigenvalue weighted by Crippen LogP contribution is 2.25. The summed E-state index contributed by atoms with van der Waals surface area (Å²) in [6, 6.07) is 14.2. The van der Waals surface area contributed by atoms with Gasteiger partial charge in [0, 0.05) is 30.9 Å². The maximum atomic E-state index is 12.6. The monoisotopic (exact) mass is 364 g/mol. The standard InChI is InChI=1S/C23H28N2O2/c1-16-13-25(14-17(2)27-16)15-18-6-8-20(9-7-18)23(26)24-22-11-10-19-4-3-5-21(19)12-22/h6-12,16-17H,3-5,13-15H2,1-2H3,(H,24,26). The van der Waals surface area contributed by atoms with E-state index in [1.807, 2.05) is 18.2 Å². The molecule has 1 fully saturated rings. The number of anilines is 1. The van der Waals surface area contributed by atoms with E-state index in [0.717, 1.165) is 38.2 Å². The van der Waals surface area contributed by atoms with Crippen LogP contribution in [0.2, 0.25) is 0 Å². The van der Waals surface area contributed by atoms with Crippen molar-refractivity contribution in [2.75, 3.05) is 18.4 Å². The molecule has 1 heterocycles. The molecule has 4 nitrogen and oxygen atoms in total. The van der Waals surface area contributed by atoms with Gasteiger partial charge in [0.2, 0.25) is 0 Å². The number of nitrogens with zero attached hydrogens (tertiary/aromatic N) is 1. The summed E-state index contributed by atoms with van der Waals surface area (Å²) in [5, 5.41) is 3.03. The van der Waals surface area contributed by atoms with Crippen LogP contribution in [0.4, 0.5) is 5.69 Å². The average Bonchev–Trinajstić information content (AvgIpc) is 3.09. The largest absolute Gasteiger partial charge is 0.373 e. The second kappa shape index (κ2) is 7.83. The van der Waals surface area contributed by atoms with Crippen LogP contribution in [0, 0.1) is 0 Å². The molecule has 0 radical (unpaired) electrons. The van der Waals surface area contributed by atoms with Crippen molar-refractivity contribution in [1.82, 2.24) is 4.90 Å². The van der Waals surface area contributed by atoms with Gasteiger partial charge in [0.05, 0.1) is 12.2 Å². The fraction of sp³-hybridized carbons (Fsp3) is 0.435. The van der Waals surface area contributed by atoms with Gasteiger partial charge in [0.25, 0.3) is 5.91 Å². The first kappa shape index (κ1) is 18.2. The van der Waals surface area contributed by atoms with Gasteiger partial charge in [0.1, 0.15) is 0 Å². The molecular formula is C23H28N2O2. The molecule has 4 rings (SSSR count). The van der Waals surface area contributed by atoms with Crippen LogP contribution in [0.1, 0.15) is 47.3 Å². The van der Waals surface area contributed by atoms with Gasteiger partial charge in [-0.15, -0.1) is 0 Å². The number of hydrogen-bond donors (Lipinski definition) is 1.